The zero-order valence-corrected chi connectivity index (χ0v) is 8.66. The van der Waals surface area contributed by atoms with Crippen molar-refractivity contribution in [2.45, 2.75) is 46.0 Å². The molecule has 0 aliphatic heterocycles. The van der Waals surface area contributed by atoms with Crippen molar-refractivity contribution in [1.29, 1.82) is 0 Å². The molecule has 0 amide bonds. The predicted molar refractivity (Wildman–Crippen MR) is 53.5 cm³/mol. The predicted octanol–water partition coefficient (Wildman–Crippen LogP) is 2.61. The Morgan fingerprint density at radius 1 is 0.846 bits per heavy atom. The zero-order chi connectivity index (χ0) is 10.1. The first kappa shape index (κ1) is 12.3. The molecule has 0 aromatic rings. The number of hydrogen-bond donors (Lipinski definition) is 0. The minimum atomic E-state index is 0.198. The molecule has 0 N–H and O–H groups in total. The van der Waals surface area contributed by atoms with Crippen LogP contribution in [0.4, 0.5) is 0 Å². The van der Waals surface area contributed by atoms with E-state index in [0.717, 1.165) is 44.7 Å². The molecular formula is C11H20O2. The molecule has 76 valence electrons. The Bertz CT molecular complexity index is 127. The summed E-state index contributed by atoms with van der Waals surface area (Å²) in [5.41, 5.74) is 0. The van der Waals surface area contributed by atoms with Crippen LogP contribution in [0.1, 0.15) is 46.0 Å². The van der Waals surface area contributed by atoms with Crippen LogP contribution in [0.5, 0.6) is 0 Å². The SMILES string of the molecule is CC(C=O)CCCCCC(C)C=O. The average molecular weight is 184 g/mol. The van der Waals surface area contributed by atoms with Gasteiger partial charge in [-0.3, -0.25) is 0 Å². The maximum Gasteiger partial charge on any atom is 0.122 e. The molecule has 0 heterocycles. The summed E-state index contributed by atoms with van der Waals surface area (Å²) in [5, 5.41) is 0. The molecule has 0 fully saturated rings. The highest BCUT2D eigenvalue weighted by Crippen LogP contribution is 2.11. The Kier molecular flexibility index (Phi) is 7.56. The quantitative estimate of drug-likeness (QED) is 0.429. The van der Waals surface area contributed by atoms with Crippen molar-refractivity contribution >= 4 is 12.6 Å². The molecule has 13 heavy (non-hydrogen) atoms. The van der Waals surface area contributed by atoms with Crippen molar-refractivity contribution in [1.82, 2.24) is 0 Å². The molecule has 0 aromatic carbocycles. The molecule has 0 aliphatic rings. The first-order chi connectivity index (χ1) is 6.20. The molecule has 0 rings (SSSR count). The van der Waals surface area contributed by atoms with Gasteiger partial charge in [-0.2, -0.15) is 0 Å². The first-order valence-electron chi connectivity index (χ1n) is 5.11. The van der Waals surface area contributed by atoms with Gasteiger partial charge in [0.05, 0.1) is 0 Å². The maximum atomic E-state index is 10.3. The van der Waals surface area contributed by atoms with E-state index in [2.05, 4.69) is 0 Å². The van der Waals surface area contributed by atoms with Crippen molar-refractivity contribution < 1.29 is 9.59 Å². The third-order valence-corrected chi connectivity index (χ3v) is 2.28. The van der Waals surface area contributed by atoms with Crippen LogP contribution < -0.4 is 0 Å². The lowest BCUT2D eigenvalue weighted by Gasteiger charge is -2.04. The minimum absolute atomic E-state index is 0.198. The van der Waals surface area contributed by atoms with Crippen LogP contribution in [0.15, 0.2) is 0 Å². The molecular weight excluding hydrogens is 164 g/mol. The summed E-state index contributed by atoms with van der Waals surface area (Å²) in [6, 6.07) is 0. The van der Waals surface area contributed by atoms with Crippen molar-refractivity contribution in [2.24, 2.45) is 11.8 Å². The molecule has 0 aromatic heterocycles. The molecule has 2 nitrogen and oxygen atoms in total. The number of rotatable bonds is 8. The lowest BCUT2D eigenvalue weighted by Crippen LogP contribution is -1.97. The number of carbonyl (C=O) groups is 2. The topological polar surface area (TPSA) is 34.1 Å². The summed E-state index contributed by atoms with van der Waals surface area (Å²) < 4.78 is 0. The van der Waals surface area contributed by atoms with Crippen LogP contribution >= 0.6 is 0 Å². The smallest absolute Gasteiger partial charge is 0.122 e. The summed E-state index contributed by atoms with van der Waals surface area (Å²) in [6.07, 6.45) is 7.33. The number of hydrogen-bond acceptors (Lipinski definition) is 2. The third-order valence-electron chi connectivity index (χ3n) is 2.28. The summed E-state index contributed by atoms with van der Waals surface area (Å²) >= 11 is 0. The van der Waals surface area contributed by atoms with Crippen LogP contribution in [-0.2, 0) is 9.59 Å². The zero-order valence-electron chi connectivity index (χ0n) is 8.66. The fraction of sp³-hybridized carbons (Fsp3) is 0.818. The van der Waals surface area contributed by atoms with E-state index in [9.17, 15) is 9.59 Å². The highest BCUT2D eigenvalue weighted by atomic mass is 16.1. The highest BCUT2D eigenvalue weighted by molar-refractivity contribution is 5.52. The van der Waals surface area contributed by atoms with Gasteiger partial charge in [0.1, 0.15) is 12.6 Å². The molecule has 0 bridgehead atoms. The summed E-state index contributed by atoms with van der Waals surface area (Å²) in [7, 11) is 0. The van der Waals surface area contributed by atoms with Gasteiger partial charge in [-0.15, -0.1) is 0 Å². The molecule has 2 atom stereocenters. The molecule has 0 radical (unpaired) electrons. The van der Waals surface area contributed by atoms with E-state index < -0.39 is 0 Å². The second-order valence-corrected chi connectivity index (χ2v) is 3.86. The second-order valence-electron chi connectivity index (χ2n) is 3.86. The average Bonchev–Trinajstić information content (AvgIpc) is 2.16. The maximum absolute atomic E-state index is 10.3. The highest BCUT2D eigenvalue weighted by Gasteiger charge is 2.01. The monoisotopic (exact) mass is 184 g/mol. The summed E-state index contributed by atoms with van der Waals surface area (Å²) in [4.78, 5) is 20.6. The molecule has 0 spiro atoms. The van der Waals surface area contributed by atoms with Gasteiger partial charge in [0.2, 0.25) is 0 Å². The Hall–Kier alpha value is -0.660. The molecule has 2 unspecified atom stereocenters. The Morgan fingerprint density at radius 3 is 1.54 bits per heavy atom. The molecule has 0 saturated carbocycles. The summed E-state index contributed by atoms with van der Waals surface area (Å²) in [6.45, 7) is 3.89. The lowest BCUT2D eigenvalue weighted by molar-refractivity contribution is -0.111. The van der Waals surface area contributed by atoms with Gasteiger partial charge in [-0.05, 0) is 12.8 Å². The van der Waals surface area contributed by atoms with Gasteiger partial charge in [-0.25, -0.2) is 0 Å². The lowest BCUT2D eigenvalue weighted by atomic mass is 10.0. The molecule has 0 saturated heterocycles. The molecule has 0 aliphatic carbocycles. The van der Waals surface area contributed by atoms with Gasteiger partial charge in [-0.1, -0.05) is 33.1 Å². The largest absolute Gasteiger partial charge is 0.303 e. The van der Waals surface area contributed by atoms with E-state index in [0.29, 0.717) is 0 Å². The van der Waals surface area contributed by atoms with Gasteiger partial charge in [0, 0.05) is 11.8 Å². The number of unbranched alkanes of at least 4 members (excludes halogenated alkanes) is 2. The van der Waals surface area contributed by atoms with E-state index in [1.54, 1.807) is 0 Å². The number of carbonyl (C=O) groups excluding carboxylic acids is 2. The van der Waals surface area contributed by atoms with Crippen LogP contribution in [-0.4, -0.2) is 12.6 Å². The van der Waals surface area contributed by atoms with Crippen LogP contribution in [0.3, 0.4) is 0 Å². The fourth-order valence-corrected chi connectivity index (χ4v) is 1.25. The van der Waals surface area contributed by atoms with Crippen molar-refractivity contribution in [3.05, 3.63) is 0 Å². The van der Waals surface area contributed by atoms with Gasteiger partial charge < -0.3 is 9.59 Å². The van der Waals surface area contributed by atoms with E-state index in [4.69, 9.17) is 0 Å². The Morgan fingerprint density at radius 2 is 1.23 bits per heavy atom. The van der Waals surface area contributed by atoms with Crippen LogP contribution in [0.25, 0.3) is 0 Å². The van der Waals surface area contributed by atoms with Crippen LogP contribution in [0, 0.1) is 11.8 Å². The van der Waals surface area contributed by atoms with Gasteiger partial charge >= 0.3 is 0 Å². The number of aldehydes is 2. The fourth-order valence-electron chi connectivity index (χ4n) is 1.25. The van der Waals surface area contributed by atoms with E-state index in [1.807, 2.05) is 13.8 Å². The normalized spacial score (nSPS) is 14.9. The second kappa shape index (κ2) is 7.96. The van der Waals surface area contributed by atoms with Gasteiger partial charge in [0.15, 0.2) is 0 Å². The minimum Gasteiger partial charge on any atom is -0.303 e. The van der Waals surface area contributed by atoms with Gasteiger partial charge in [0.25, 0.3) is 0 Å². The van der Waals surface area contributed by atoms with Crippen LogP contribution in [0.2, 0.25) is 0 Å². The standard InChI is InChI=1S/C11H20O2/c1-10(8-12)6-4-3-5-7-11(2)9-13/h8-11H,3-7H2,1-2H3. The molecule has 2 heteroatoms. The first-order valence-corrected chi connectivity index (χ1v) is 5.11. The van der Waals surface area contributed by atoms with Crippen molar-refractivity contribution in [3.8, 4) is 0 Å². The van der Waals surface area contributed by atoms with E-state index >= 15 is 0 Å². The van der Waals surface area contributed by atoms with E-state index in [1.165, 1.54) is 0 Å². The Balaban J connectivity index is 3.16. The Labute approximate surface area is 80.7 Å². The summed E-state index contributed by atoms with van der Waals surface area (Å²) in [5.74, 6) is 0.395. The van der Waals surface area contributed by atoms with E-state index in [-0.39, 0.29) is 11.8 Å². The third kappa shape index (κ3) is 7.69. The van der Waals surface area contributed by atoms with Crippen molar-refractivity contribution in [2.75, 3.05) is 0 Å². The van der Waals surface area contributed by atoms with Crippen molar-refractivity contribution in [3.63, 3.8) is 0 Å².